The molecule has 0 spiro atoms. The SMILES string of the molecule is CC(C)NCC(OCc1ccc(Br)cc1)c1ccccc1. The average Bonchev–Trinajstić information content (AvgIpc) is 2.50. The van der Waals surface area contributed by atoms with E-state index in [-0.39, 0.29) is 6.10 Å². The molecule has 1 unspecified atom stereocenters. The summed E-state index contributed by atoms with van der Waals surface area (Å²) in [5.41, 5.74) is 2.39. The van der Waals surface area contributed by atoms with Crippen LogP contribution in [0.1, 0.15) is 31.1 Å². The molecule has 2 aromatic carbocycles. The van der Waals surface area contributed by atoms with Gasteiger partial charge in [0, 0.05) is 17.1 Å². The summed E-state index contributed by atoms with van der Waals surface area (Å²) >= 11 is 3.45. The molecule has 0 aliphatic carbocycles. The largest absolute Gasteiger partial charge is 0.368 e. The fraction of sp³-hybridized carbons (Fsp3) is 0.333. The van der Waals surface area contributed by atoms with E-state index >= 15 is 0 Å². The highest BCUT2D eigenvalue weighted by atomic mass is 79.9. The monoisotopic (exact) mass is 347 g/mol. The molecule has 0 saturated carbocycles. The number of nitrogens with one attached hydrogen (secondary N) is 1. The van der Waals surface area contributed by atoms with E-state index in [9.17, 15) is 0 Å². The van der Waals surface area contributed by atoms with Crippen LogP contribution in [-0.4, -0.2) is 12.6 Å². The Morgan fingerprint density at radius 1 is 1.00 bits per heavy atom. The first-order valence-electron chi connectivity index (χ1n) is 7.29. The quantitative estimate of drug-likeness (QED) is 0.783. The highest BCUT2D eigenvalue weighted by Crippen LogP contribution is 2.19. The first kappa shape index (κ1) is 16.2. The van der Waals surface area contributed by atoms with E-state index < -0.39 is 0 Å². The van der Waals surface area contributed by atoms with E-state index in [4.69, 9.17) is 4.74 Å². The first-order valence-corrected chi connectivity index (χ1v) is 8.09. The van der Waals surface area contributed by atoms with Gasteiger partial charge in [-0.05, 0) is 23.3 Å². The van der Waals surface area contributed by atoms with Crippen molar-refractivity contribution in [2.75, 3.05) is 6.54 Å². The topological polar surface area (TPSA) is 21.3 Å². The molecule has 2 rings (SSSR count). The lowest BCUT2D eigenvalue weighted by Crippen LogP contribution is -2.29. The van der Waals surface area contributed by atoms with Crippen LogP contribution in [0.5, 0.6) is 0 Å². The van der Waals surface area contributed by atoms with Gasteiger partial charge in [0.05, 0.1) is 12.7 Å². The van der Waals surface area contributed by atoms with Crippen LogP contribution in [0.15, 0.2) is 59.1 Å². The molecule has 21 heavy (non-hydrogen) atoms. The summed E-state index contributed by atoms with van der Waals surface area (Å²) in [7, 11) is 0. The minimum Gasteiger partial charge on any atom is -0.368 e. The summed E-state index contributed by atoms with van der Waals surface area (Å²) in [5, 5.41) is 3.46. The third-order valence-electron chi connectivity index (χ3n) is 3.25. The minimum atomic E-state index is 0.0669. The Balaban J connectivity index is 2.00. The predicted molar refractivity (Wildman–Crippen MR) is 91.3 cm³/mol. The number of benzene rings is 2. The average molecular weight is 348 g/mol. The molecule has 0 bridgehead atoms. The molecule has 0 aromatic heterocycles. The van der Waals surface area contributed by atoms with E-state index in [1.807, 2.05) is 18.2 Å². The van der Waals surface area contributed by atoms with Gasteiger partial charge in [0.1, 0.15) is 0 Å². The van der Waals surface area contributed by atoms with Crippen molar-refractivity contribution >= 4 is 15.9 Å². The van der Waals surface area contributed by atoms with Gasteiger partial charge in [0.25, 0.3) is 0 Å². The van der Waals surface area contributed by atoms with Crippen molar-refractivity contribution in [1.29, 1.82) is 0 Å². The van der Waals surface area contributed by atoms with Gasteiger partial charge in [-0.1, -0.05) is 72.2 Å². The van der Waals surface area contributed by atoms with Gasteiger partial charge in [0.15, 0.2) is 0 Å². The Bertz CT molecular complexity index is 525. The molecule has 0 fully saturated rings. The summed E-state index contributed by atoms with van der Waals surface area (Å²) in [6.45, 7) is 5.73. The van der Waals surface area contributed by atoms with Crippen molar-refractivity contribution in [2.45, 2.75) is 32.6 Å². The molecule has 1 atom stereocenters. The van der Waals surface area contributed by atoms with Crippen LogP contribution in [0.2, 0.25) is 0 Å². The maximum Gasteiger partial charge on any atom is 0.0953 e. The van der Waals surface area contributed by atoms with Gasteiger partial charge in [-0.3, -0.25) is 0 Å². The fourth-order valence-electron chi connectivity index (χ4n) is 2.06. The number of halogens is 1. The zero-order valence-corrected chi connectivity index (χ0v) is 14.1. The summed E-state index contributed by atoms with van der Waals surface area (Å²) in [6, 6.07) is 19.1. The van der Waals surface area contributed by atoms with E-state index in [2.05, 4.69) is 71.5 Å². The number of rotatable bonds is 7. The molecule has 0 saturated heterocycles. The lowest BCUT2D eigenvalue weighted by Gasteiger charge is -2.20. The Labute approximate surface area is 135 Å². The van der Waals surface area contributed by atoms with Crippen molar-refractivity contribution in [3.05, 3.63) is 70.2 Å². The second kappa shape index (κ2) is 8.32. The van der Waals surface area contributed by atoms with Crippen molar-refractivity contribution in [1.82, 2.24) is 5.32 Å². The Kier molecular flexibility index (Phi) is 6.43. The summed E-state index contributed by atoms with van der Waals surface area (Å²) in [6.07, 6.45) is 0.0669. The molecule has 0 amide bonds. The summed E-state index contributed by atoms with van der Waals surface area (Å²) in [5.74, 6) is 0. The summed E-state index contributed by atoms with van der Waals surface area (Å²) in [4.78, 5) is 0. The van der Waals surface area contributed by atoms with Crippen molar-refractivity contribution in [2.24, 2.45) is 0 Å². The van der Waals surface area contributed by atoms with Gasteiger partial charge < -0.3 is 10.1 Å². The van der Waals surface area contributed by atoms with Crippen molar-refractivity contribution in [3.8, 4) is 0 Å². The van der Waals surface area contributed by atoms with E-state index in [1.165, 1.54) is 11.1 Å². The molecular weight excluding hydrogens is 326 g/mol. The van der Waals surface area contributed by atoms with Crippen LogP contribution in [0, 0.1) is 0 Å². The molecule has 0 heterocycles. The molecule has 2 nitrogen and oxygen atoms in total. The normalized spacial score (nSPS) is 12.6. The predicted octanol–water partition coefficient (Wildman–Crippen LogP) is 4.71. The van der Waals surface area contributed by atoms with Gasteiger partial charge in [-0.25, -0.2) is 0 Å². The van der Waals surface area contributed by atoms with E-state index in [0.29, 0.717) is 12.6 Å². The lowest BCUT2D eigenvalue weighted by molar-refractivity contribution is 0.0386. The third kappa shape index (κ3) is 5.62. The molecule has 0 radical (unpaired) electrons. The van der Waals surface area contributed by atoms with E-state index in [0.717, 1.165) is 11.0 Å². The summed E-state index contributed by atoms with van der Waals surface area (Å²) < 4.78 is 7.22. The van der Waals surface area contributed by atoms with E-state index in [1.54, 1.807) is 0 Å². The van der Waals surface area contributed by atoms with Gasteiger partial charge in [-0.2, -0.15) is 0 Å². The second-order valence-electron chi connectivity index (χ2n) is 5.40. The standard InChI is InChI=1S/C18H22BrNO/c1-14(2)20-12-18(16-6-4-3-5-7-16)21-13-15-8-10-17(19)11-9-15/h3-11,14,18,20H,12-13H2,1-2H3. The molecule has 0 aliphatic heterocycles. The minimum absolute atomic E-state index is 0.0669. The zero-order valence-electron chi connectivity index (χ0n) is 12.6. The fourth-order valence-corrected chi connectivity index (χ4v) is 2.33. The number of hydrogen-bond acceptors (Lipinski definition) is 2. The van der Waals surface area contributed by atoms with Crippen LogP contribution < -0.4 is 5.32 Å². The van der Waals surface area contributed by atoms with Gasteiger partial charge in [-0.15, -0.1) is 0 Å². The number of hydrogen-bond donors (Lipinski definition) is 1. The first-order chi connectivity index (χ1) is 10.1. The Hall–Kier alpha value is -1.16. The molecule has 3 heteroatoms. The van der Waals surface area contributed by atoms with Crippen LogP contribution in [0.4, 0.5) is 0 Å². The van der Waals surface area contributed by atoms with Gasteiger partial charge in [0.2, 0.25) is 0 Å². The van der Waals surface area contributed by atoms with Crippen molar-refractivity contribution in [3.63, 3.8) is 0 Å². The lowest BCUT2D eigenvalue weighted by atomic mass is 10.1. The molecule has 1 N–H and O–H groups in total. The molecule has 0 aliphatic rings. The highest BCUT2D eigenvalue weighted by Gasteiger charge is 2.12. The van der Waals surface area contributed by atoms with Crippen molar-refractivity contribution < 1.29 is 4.74 Å². The Morgan fingerprint density at radius 2 is 1.67 bits per heavy atom. The van der Waals surface area contributed by atoms with Crippen LogP contribution in [-0.2, 0) is 11.3 Å². The Morgan fingerprint density at radius 3 is 2.29 bits per heavy atom. The smallest absolute Gasteiger partial charge is 0.0953 e. The second-order valence-corrected chi connectivity index (χ2v) is 6.32. The highest BCUT2D eigenvalue weighted by molar-refractivity contribution is 9.10. The van der Waals surface area contributed by atoms with Crippen LogP contribution in [0.3, 0.4) is 0 Å². The molecular formula is C18H22BrNO. The van der Waals surface area contributed by atoms with Gasteiger partial charge >= 0.3 is 0 Å². The molecule has 112 valence electrons. The third-order valence-corrected chi connectivity index (χ3v) is 3.78. The molecule has 2 aromatic rings. The zero-order chi connectivity index (χ0) is 15.1. The number of ether oxygens (including phenoxy) is 1. The van der Waals surface area contributed by atoms with Crippen LogP contribution in [0.25, 0.3) is 0 Å². The maximum absolute atomic E-state index is 6.13. The van der Waals surface area contributed by atoms with Crippen LogP contribution >= 0.6 is 15.9 Å². The maximum atomic E-state index is 6.13.